The van der Waals surface area contributed by atoms with Gasteiger partial charge in [0.25, 0.3) is 0 Å². The van der Waals surface area contributed by atoms with Crippen molar-refractivity contribution in [1.29, 1.82) is 0 Å². The molecule has 0 aliphatic heterocycles. The Morgan fingerprint density at radius 3 is 2.67 bits per heavy atom. The number of nitrogens with one attached hydrogen (secondary N) is 1. The van der Waals surface area contributed by atoms with Crippen molar-refractivity contribution in [3.8, 4) is 11.1 Å². The number of rotatable bonds is 7. The summed E-state index contributed by atoms with van der Waals surface area (Å²) in [6.07, 6.45) is 0.869. The second-order valence-corrected chi connectivity index (χ2v) is 7.83. The van der Waals surface area contributed by atoms with Gasteiger partial charge in [0, 0.05) is 27.9 Å². The lowest BCUT2D eigenvalue weighted by Crippen LogP contribution is -2.14. The molecule has 3 nitrogen and oxygen atoms in total. The zero-order valence-corrected chi connectivity index (χ0v) is 15.8. The first-order valence-corrected chi connectivity index (χ1v) is 9.95. The van der Waals surface area contributed by atoms with E-state index in [0.29, 0.717) is 6.42 Å². The van der Waals surface area contributed by atoms with Crippen LogP contribution >= 0.6 is 11.3 Å². The summed E-state index contributed by atoms with van der Waals surface area (Å²) >= 11 is 1.80. The van der Waals surface area contributed by atoms with Gasteiger partial charge in [-0.2, -0.15) is 0 Å². The molecule has 1 aromatic heterocycles. The number of carbonyl (C=O) groups is 1. The van der Waals surface area contributed by atoms with Gasteiger partial charge in [-0.1, -0.05) is 48.5 Å². The Bertz CT molecular complexity index is 1100. The molecule has 0 unspecified atom stereocenters. The highest BCUT2D eigenvalue weighted by atomic mass is 32.1. The van der Waals surface area contributed by atoms with Crippen molar-refractivity contribution in [2.24, 2.45) is 0 Å². The molecule has 1 heterocycles. The quantitative estimate of drug-likeness (QED) is 0.409. The molecule has 0 fully saturated rings. The first-order chi connectivity index (χ1) is 13.2. The van der Waals surface area contributed by atoms with Gasteiger partial charge in [-0.25, -0.2) is 0 Å². The lowest BCUT2D eigenvalue weighted by molar-refractivity contribution is -0.137. The second kappa shape index (κ2) is 7.91. The van der Waals surface area contributed by atoms with Gasteiger partial charge >= 0.3 is 5.97 Å². The lowest BCUT2D eigenvalue weighted by atomic mass is 9.99. The van der Waals surface area contributed by atoms with E-state index >= 15 is 0 Å². The highest BCUT2D eigenvalue weighted by molar-refractivity contribution is 7.19. The number of benzene rings is 3. The van der Waals surface area contributed by atoms with E-state index in [9.17, 15) is 4.79 Å². The number of carboxylic acid groups (broad SMARTS) is 1. The fourth-order valence-corrected chi connectivity index (χ4v) is 4.44. The Hall–Kier alpha value is -2.69. The van der Waals surface area contributed by atoms with Gasteiger partial charge in [-0.05, 0) is 53.1 Å². The van der Waals surface area contributed by atoms with Gasteiger partial charge in [0.05, 0.1) is 0 Å². The molecule has 0 radical (unpaired) electrons. The summed E-state index contributed by atoms with van der Waals surface area (Å²) in [5.41, 5.74) is 2.49. The van der Waals surface area contributed by atoms with Gasteiger partial charge in [0.15, 0.2) is 0 Å². The van der Waals surface area contributed by atoms with Gasteiger partial charge in [-0.15, -0.1) is 11.3 Å². The van der Waals surface area contributed by atoms with Crippen LogP contribution in [-0.2, 0) is 11.3 Å². The summed E-state index contributed by atoms with van der Waals surface area (Å²) < 4.78 is 1.28. The van der Waals surface area contributed by atoms with Crippen LogP contribution in [0.4, 0.5) is 0 Å². The SMILES string of the molecule is O=C(O)CCCNCc1cc2c(-c3ccc4ccccc4c3)cccc2s1. The van der Waals surface area contributed by atoms with Crippen molar-refractivity contribution < 1.29 is 9.90 Å². The minimum atomic E-state index is -0.737. The molecule has 3 aromatic carbocycles. The van der Waals surface area contributed by atoms with Crippen LogP contribution in [0.15, 0.2) is 66.7 Å². The van der Waals surface area contributed by atoms with E-state index in [1.54, 1.807) is 11.3 Å². The maximum atomic E-state index is 10.6. The minimum absolute atomic E-state index is 0.214. The molecule has 0 saturated heterocycles. The summed E-state index contributed by atoms with van der Waals surface area (Å²) in [5.74, 6) is -0.737. The van der Waals surface area contributed by atoms with Crippen LogP contribution in [0, 0.1) is 0 Å². The zero-order chi connectivity index (χ0) is 18.6. The van der Waals surface area contributed by atoms with Crippen molar-refractivity contribution in [2.45, 2.75) is 19.4 Å². The second-order valence-electron chi connectivity index (χ2n) is 6.67. The third-order valence-corrected chi connectivity index (χ3v) is 5.82. The number of fused-ring (bicyclic) bond motifs is 2. The van der Waals surface area contributed by atoms with E-state index in [2.05, 4.69) is 72.0 Å². The van der Waals surface area contributed by atoms with Gasteiger partial charge in [0.2, 0.25) is 0 Å². The number of aliphatic carboxylic acids is 1. The third kappa shape index (κ3) is 4.02. The highest BCUT2D eigenvalue weighted by Crippen LogP contribution is 2.35. The summed E-state index contributed by atoms with van der Waals surface area (Å²) in [6.45, 7) is 1.49. The van der Waals surface area contributed by atoms with Crippen LogP contribution in [0.1, 0.15) is 17.7 Å². The van der Waals surface area contributed by atoms with E-state index in [0.717, 1.165) is 13.1 Å². The summed E-state index contributed by atoms with van der Waals surface area (Å²) in [5, 5.41) is 15.8. The van der Waals surface area contributed by atoms with Crippen LogP contribution in [-0.4, -0.2) is 17.6 Å². The van der Waals surface area contributed by atoms with Crippen LogP contribution < -0.4 is 5.32 Å². The minimum Gasteiger partial charge on any atom is -0.481 e. The maximum absolute atomic E-state index is 10.6. The van der Waals surface area contributed by atoms with Crippen molar-refractivity contribution in [3.63, 3.8) is 0 Å². The van der Waals surface area contributed by atoms with Crippen LogP contribution in [0.3, 0.4) is 0 Å². The van der Waals surface area contributed by atoms with Crippen molar-refractivity contribution in [1.82, 2.24) is 5.32 Å². The average molecular weight is 375 g/mol. The lowest BCUT2D eigenvalue weighted by Gasteiger charge is -2.06. The van der Waals surface area contributed by atoms with Crippen molar-refractivity contribution in [2.75, 3.05) is 6.54 Å². The molecule has 0 aliphatic rings. The largest absolute Gasteiger partial charge is 0.481 e. The summed E-state index contributed by atoms with van der Waals surface area (Å²) in [7, 11) is 0. The number of hydrogen-bond donors (Lipinski definition) is 2. The van der Waals surface area contributed by atoms with Crippen molar-refractivity contribution >= 4 is 38.2 Å². The molecule has 4 rings (SSSR count). The Morgan fingerprint density at radius 1 is 0.963 bits per heavy atom. The molecule has 0 spiro atoms. The molecule has 0 aliphatic carbocycles. The Kier molecular flexibility index (Phi) is 5.19. The van der Waals surface area contributed by atoms with Gasteiger partial charge < -0.3 is 10.4 Å². The molecule has 2 N–H and O–H groups in total. The number of hydrogen-bond acceptors (Lipinski definition) is 3. The van der Waals surface area contributed by atoms with E-state index in [4.69, 9.17) is 5.11 Å². The molecule has 136 valence electrons. The Balaban J connectivity index is 1.58. The highest BCUT2D eigenvalue weighted by Gasteiger charge is 2.09. The standard InChI is InChI=1S/C23H21NO2S/c25-23(26)9-4-12-24-15-19-14-21-20(7-3-8-22(21)27-19)18-11-10-16-5-1-2-6-17(16)13-18/h1-3,5-8,10-11,13-14,24H,4,9,12,15H2,(H,25,26). The molecule has 4 aromatic rings. The molecule has 0 bridgehead atoms. The monoisotopic (exact) mass is 375 g/mol. The number of carboxylic acids is 1. The van der Waals surface area contributed by atoms with E-state index in [1.807, 2.05) is 0 Å². The van der Waals surface area contributed by atoms with Gasteiger partial charge in [0.1, 0.15) is 0 Å². The summed E-state index contributed by atoms with van der Waals surface area (Å²) in [4.78, 5) is 11.8. The fraction of sp³-hybridized carbons (Fsp3) is 0.174. The third-order valence-electron chi connectivity index (χ3n) is 4.72. The molecule has 27 heavy (non-hydrogen) atoms. The topological polar surface area (TPSA) is 49.3 Å². The Labute approximate surface area is 162 Å². The first kappa shape index (κ1) is 17.7. The predicted octanol–water partition coefficient (Wildman–Crippen LogP) is 5.68. The van der Waals surface area contributed by atoms with Crippen LogP contribution in [0.25, 0.3) is 32.0 Å². The van der Waals surface area contributed by atoms with E-state index in [-0.39, 0.29) is 6.42 Å². The molecule has 4 heteroatoms. The Morgan fingerprint density at radius 2 is 1.81 bits per heavy atom. The van der Waals surface area contributed by atoms with E-state index in [1.165, 1.54) is 36.9 Å². The molecule has 0 atom stereocenters. The predicted molar refractivity (Wildman–Crippen MR) is 113 cm³/mol. The smallest absolute Gasteiger partial charge is 0.303 e. The average Bonchev–Trinajstić information content (AvgIpc) is 3.10. The zero-order valence-electron chi connectivity index (χ0n) is 14.9. The molecule has 0 saturated carbocycles. The van der Waals surface area contributed by atoms with Crippen LogP contribution in [0.5, 0.6) is 0 Å². The molecule has 0 amide bonds. The molecular formula is C23H21NO2S. The maximum Gasteiger partial charge on any atom is 0.303 e. The van der Waals surface area contributed by atoms with E-state index < -0.39 is 5.97 Å². The number of thiophene rings is 1. The normalized spacial score (nSPS) is 11.3. The molecular weight excluding hydrogens is 354 g/mol. The summed E-state index contributed by atoms with van der Waals surface area (Å²) in [6, 6.07) is 23.8. The first-order valence-electron chi connectivity index (χ1n) is 9.14. The van der Waals surface area contributed by atoms with Gasteiger partial charge in [-0.3, -0.25) is 4.79 Å². The van der Waals surface area contributed by atoms with Crippen LogP contribution in [0.2, 0.25) is 0 Å². The van der Waals surface area contributed by atoms with Crippen molar-refractivity contribution in [3.05, 3.63) is 71.6 Å². The fourth-order valence-electron chi connectivity index (χ4n) is 3.39.